The van der Waals surface area contributed by atoms with Crippen LogP contribution in [0.1, 0.15) is 23.0 Å². The van der Waals surface area contributed by atoms with Crippen molar-refractivity contribution in [3.05, 3.63) is 95.6 Å². The molecule has 2 heterocycles. The van der Waals surface area contributed by atoms with Crippen LogP contribution in [0.3, 0.4) is 0 Å². The van der Waals surface area contributed by atoms with Crippen LogP contribution in [0.25, 0.3) is 0 Å². The Hall–Kier alpha value is -3.98. The second-order valence-electron chi connectivity index (χ2n) is 8.69. The number of piperazine rings is 1. The molecule has 3 aromatic carbocycles. The van der Waals surface area contributed by atoms with Crippen LogP contribution in [0.15, 0.2) is 72.8 Å². The molecule has 0 amide bonds. The fourth-order valence-electron chi connectivity index (χ4n) is 4.71. The molecular weight excluding hydrogens is 459 g/mol. The predicted molar refractivity (Wildman–Crippen MR) is 135 cm³/mol. The van der Waals surface area contributed by atoms with Crippen molar-refractivity contribution in [2.75, 3.05) is 45.3 Å². The van der Waals surface area contributed by atoms with Gasteiger partial charge in [0.25, 0.3) is 0 Å². The molecule has 0 spiro atoms. The number of nitrogens with zero attached hydrogens (tertiary/aromatic N) is 6. The van der Waals surface area contributed by atoms with Crippen molar-refractivity contribution in [2.45, 2.75) is 12.6 Å². The summed E-state index contributed by atoms with van der Waals surface area (Å²) in [5, 5.41) is 12.7. The molecule has 36 heavy (non-hydrogen) atoms. The first kappa shape index (κ1) is 23.7. The topological polar surface area (TPSA) is 68.5 Å². The first-order valence-corrected chi connectivity index (χ1v) is 11.9. The molecule has 0 radical (unpaired) electrons. The normalized spacial score (nSPS) is 15.0. The van der Waals surface area contributed by atoms with Crippen LogP contribution in [-0.4, -0.2) is 65.5 Å². The fraction of sp³-hybridized carbons (Fsp3) is 0.296. The zero-order chi connectivity index (χ0) is 24.9. The average Bonchev–Trinajstić information content (AvgIpc) is 3.38. The van der Waals surface area contributed by atoms with Crippen LogP contribution < -0.4 is 14.4 Å². The minimum atomic E-state index is -0.266. The van der Waals surface area contributed by atoms with Gasteiger partial charge >= 0.3 is 0 Å². The second-order valence-corrected chi connectivity index (χ2v) is 8.69. The number of methoxy groups -OCH3 is 2. The maximum absolute atomic E-state index is 13.4. The standard InChI is InChI=1S/C27H29FN6O2/c1-35-23-13-11-22(12-14-23)32-15-17-33(18-16-32)26(24-5-3-4-6-25(24)36-2)27-29-30-31-34(27)19-20-7-9-21(28)10-8-20/h3-14,26H,15-19H2,1-2H3/t26-/m1/s1. The minimum Gasteiger partial charge on any atom is -0.497 e. The first-order valence-electron chi connectivity index (χ1n) is 11.9. The van der Waals surface area contributed by atoms with Gasteiger partial charge in [0.15, 0.2) is 5.82 Å². The molecule has 1 saturated heterocycles. The van der Waals surface area contributed by atoms with Gasteiger partial charge in [0.1, 0.15) is 23.4 Å². The van der Waals surface area contributed by atoms with Crippen molar-refractivity contribution in [2.24, 2.45) is 0 Å². The SMILES string of the molecule is COc1ccc(N2CCN([C@H](c3ccccc3OC)c3nnnn3Cc3ccc(F)cc3)CC2)cc1. The quantitative estimate of drug-likeness (QED) is 0.374. The van der Waals surface area contributed by atoms with E-state index in [9.17, 15) is 4.39 Å². The van der Waals surface area contributed by atoms with E-state index >= 15 is 0 Å². The Morgan fingerprint density at radius 3 is 2.28 bits per heavy atom. The second kappa shape index (κ2) is 10.7. The van der Waals surface area contributed by atoms with E-state index < -0.39 is 0 Å². The highest BCUT2D eigenvalue weighted by Gasteiger charge is 2.32. The molecule has 4 aromatic rings. The molecule has 5 rings (SSSR count). The van der Waals surface area contributed by atoms with Gasteiger partial charge in [0.2, 0.25) is 0 Å². The van der Waals surface area contributed by atoms with Crippen molar-refractivity contribution >= 4 is 5.69 Å². The van der Waals surface area contributed by atoms with Gasteiger partial charge < -0.3 is 14.4 Å². The molecule has 0 saturated carbocycles. The fourth-order valence-corrected chi connectivity index (χ4v) is 4.71. The van der Waals surface area contributed by atoms with Crippen molar-refractivity contribution in [3.8, 4) is 11.5 Å². The van der Waals surface area contributed by atoms with E-state index in [0.717, 1.165) is 54.6 Å². The third kappa shape index (κ3) is 5.01. The summed E-state index contributed by atoms with van der Waals surface area (Å²) in [6.07, 6.45) is 0. The van der Waals surface area contributed by atoms with Crippen LogP contribution in [0.2, 0.25) is 0 Å². The highest BCUT2D eigenvalue weighted by atomic mass is 19.1. The van der Waals surface area contributed by atoms with E-state index in [-0.39, 0.29) is 11.9 Å². The maximum Gasteiger partial charge on any atom is 0.173 e. The van der Waals surface area contributed by atoms with Crippen LogP contribution in [0.5, 0.6) is 11.5 Å². The molecule has 1 atom stereocenters. The largest absolute Gasteiger partial charge is 0.497 e. The van der Waals surface area contributed by atoms with Gasteiger partial charge in [-0.25, -0.2) is 9.07 Å². The number of hydrogen-bond donors (Lipinski definition) is 0. The summed E-state index contributed by atoms with van der Waals surface area (Å²) < 4.78 is 26.3. The van der Waals surface area contributed by atoms with Crippen LogP contribution >= 0.6 is 0 Å². The number of hydrogen-bond acceptors (Lipinski definition) is 7. The first-order chi connectivity index (χ1) is 17.7. The van der Waals surface area contributed by atoms with Crippen molar-refractivity contribution in [1.82, 2.24) is 25.1 Å². The minimum absolute atomic E-state index is 0.199. The van der Waals surface area contributed by atoms with E-state index in [1.807, 2.05) is 30.3 Å². The third-order valence-electron chi connectivity index (χ3n) is 6.60. The van der Waals surface area contributed by atoms with Crippen LogP contribution in [0, 0.1) is 5.82 Å². The Morgan fingerprint density at radius 1 is 0.861 bits per heavy atom. The van der Waals surface area contributed by atoms with E-state index in [4.69, 9.17) is 9.47 Å². The summed E-state index contributed by atoms with van der Waals surface area (Å²) in [4.78, 5) is 4.77. The third-order valence-corrected chi connectivity index (χ3v) is 6.60. The van der Waals surface area contributed by atoms with Gasteiger partial charge in [-0.15, -0.1) is 5.10 Å². The van der Waals surface area contributed by atoms with Crippen LogP contribution in [0.4, 0.5) is 10.1 Å². The number of halogens is 1. The van der Waals surface area contributed by atoms with Gasteiger partial charge in [0, 0.05) is 37.4 Å². The van der Waals surface area contributed by atoms with Gasteiger partial charge in [-0.1, -0.05) is 30.3 Å². The lowest BCUT2D eigenvalue weighted by Crippen LogP contribution is -2.48. The van der Waals surface area contributed by atoms with Crippen molar-refractivity contribution in [3.63, 3.8) is 0 Å². The van der Waals surface area contributed by atoms with Gasteiger partial charge in [-0.05, 0) is 58.5 Å². The van der Waals surface area contributed by atoms with Gasteiger partial charge in [-0.2, -0.15) is 0 Å². The lowest BCUT2D eigenvalue weighted by Gasteiger charge is -2.40. The highest BCUT2D eigenvalue weighted by molar-refractivity contribution is 5.49. The highest BCUT2D eigenvalue weighted by Crippen LogP contribution is 2.35. The number of tetrazole rings is 1. The number of ether oxygens (including phenoxy) is 2. The van der Waals surface area contributed by atoms with Crippen LogP contribution in [-0.2, 0) is 6.54 Å². The Bertz CT molecular complexity index is 1270. The van der Waals surface area contributed by atoms with Crippen molar-refractivity contribution in [1.29, 1.82) is 0 Å². The number of para-hydroxylation sites is 1. The van der Waals surface area contributed by atoms with E-state index in [1.54, 1.807) is 31.0 Å². The van der Waals surface area contributed by atoms with E-state index in [2.05, 4.69) is 43.5 Å². The zero-order valence-electron chi connectivity index (χ0n) is 20.4. The molecule has 186 valence electrons. The lowest BCUT2D eigenvalue weighted by atomic mass is 10.0. The number of benzene rings is 3. The molecule has 0 bridgehead atoms. The molecule has 9 heteroatoms. The molecule has 1 aromatic heterocycles. The Morgan fingerprint density at radius 2 is 1.58 bits per heavy atom. The van der Waals surface area contributed by atoms with Crippen molar-refractivity contribution < 1.29 is 13.9 Å². The van der Waals surface area contributed by atoms with Gasteiger partial charge in [-0.3, -0.25) is 4.90 Å². The Kier molecular flexibility index (Phi) is 7.08. The monoisotopic (exact) mass is 488 g/mol. The molecule has 8 nitrogen and oxygen atoms in total. The molecule has 1 aliphatic rings. The lowest BCUT2D eigenvalue weighted by molar-refractivity contribution is 0.198. The maximum atomic E-state index is 13.4. The van der Waals surface area contributed by atoms with E-state index in [1.165, 1.54) is 17.8 Å². The predicted octanol–water partition coefficient (Wildman–Crippen LogP) is 3.79. The summed E-state index contributed by atoms with van der Waals surface area (Å²) in [6, 6.07) is 22.4. The summed E-state index contributed by atoms with van der Waals surface area (Å²) in [5.74, 6) is 2.09. The summed E-state index contributed by atoms with van der Waals surface area (Å²) in [6.45, 7) is 3.80. The smallest absolute Gasteiger partial charge is 0.173 e. The average molecular weight is 489 g/mol. The molecular formula is C27H29FN6O2. The number of aromatic nitrogens is 4. The Labute approximate surface area is 209 Å². The summed E-state index contributed by atoms with van der Waals surface area (Å²) in [5.41, 5.74) is 3.10. The van der Waals surface area contributed by atoms with Gasteiger partial charge in [0.05, 0.1) is 20.8 Å². The molecule has 1 aliphatic heterocycles. The number of anilines is 1. The Balaban J connectivity index is 1.43. The molecule has 0 aliphatic carbocycles. The van der Waals surface area contributed by atoms with E-state index in [0.29, 0.717) is 6.54 Å². The zero-order valence-corrected chi connectivity index (χ0v) is 20.4. The molecule has 0 unspecified atom stereocenters. The summed E-state index contributed by atoms with van der Waals surface area (Å²) >= 11 is 0. The number of rotatable bonds is 8. The summed E-state index contributed by atoms with van der Waals surface area (Å²) in [7, 11) is 3.36. The molecule has 1 fully saturated rings. The molecule has 0 N–H and O–H groups in total.